The van der Waals surface area contributed by atoms with Gasteiger partial charge in [-0.15, -0.1) is 13.2 Å². The molecule has 1 aromatic rings. The van der Waals surface area contributed by atoms with E-state index in [1.165, 1.54) is 0 Å². The number of aliphatic hydroxyl groups is 1. The number of likely N-dealkylation sites (tertiary alicyclic amines) is 1. The summed E-state index contributed by atoms with van der Waals surface area (Å²) in [6.45, 7) is 14.5. The van der Waals surface area contributed by atoms with Crippen molar-refractivity contribution in [1.82, 2.24) is 9.80 Å². The molecule has 3 unspecified atom stereocenters. The van der Waals surface area contributed by atoms with Gasteiger partial charge in [0.25, 0.3) is 0 Å². The first-order chi connectivity index (χ1) is 20.7. The molecular weight excluding hydrogens is 544 g/mol. The van der Waals surface area contributed by atoms with Crippen LogP contribution in [0.1, 0.15) is 71.3 Å². The largest absolute Gasteiger partial charge is 0.465 e. The van der Waals surface area contributed by atoms with Gasteiger partial charge in [-0.1, -0.05) is 69.2 Å². The third kappa shape index (κ3) is 6.18. The molecule has 8 heteroatoms. The van der Waals surface area contributed by atoms with Crippen molar-refractivity contribution in [3.8, 4) is 0 Å². The summed E-state index contributed by atoms with van der Waals surface area (Å²) < 4.78 is 12.6. The van der Waals surface area contributed by atoms with Gasteiger partial charge in [0.15, 0.2) is 0 Å². The van der Waals surface area contributed by atoms with Gasteiger partial charge in [0, 0.05) is 13.1 Å². The Kier molecular flexibility index (Phi) is 10.9. The van der Waals surface area contributed by atoms with E-state index >= 15 is 0 Å². The van der Waals surface area contributed by atoms with Crippen LogP contribution in [0, 0.1) is 17.8 Å². The molecule has 3 aliphatic rings. The van der Waals surface area contributed by atoms with Gasteiger partial charge in [-0.25, -0.2) is 0 Å². The molecule has 7 atom stereocenters. The van der Waals surface area contributed by atoms with E-state index in [1.807, 2.05) is 50.3 Å². The van der Waals surface area contributed by atoms with E-state index in [4.69, 9.17) is 9.47 Å². The summed E-state index contributed by atoms with van der Waals surface area (Å²) in [5.74, 6) is -2.77. The number of carbonyl (C=O) groups excluding carboxylic acids is 3. The average molecular weight is 595 g/mol. The Morgan fingerprint density at radius 1 is 1.19 bits per heavy atom. The number of benzene rings is 1. The molecule has 0 aliphatic carbocycles. The molecule has 0 radical (unpaired) electrons. The Labute approximate surface area is 257 Å². The number of fused-ring (bicyclic) bond motifs is 1. The number of aliphatic hydroxyl groups excluding tert-OH is 1. The Morgan fingerprint density at radius 2 is 1.93 bits per heavy atom. The first kappa shape index (κ1) is 32.9. The van der Waals surface area contributed by atoms with E-state index in [2.05, 4.69) is 20.1 Å². The highest BCUT2D eigenvalue weighted by Gasteiger charge is 2.80. The predicted octanol–water partition coefficient (Wildman–Crippen LogP) is 4.71. The molecule has 43 heavy (non-hydrogen) atoms. The molecule has 1 N–H and O–H groups in total. The molecule has 8 nitrogen and oxygen atoms in total. The van der Waals surface area contributed by atoms with Crippen molar-refractivity contribution in [1.29, 1.82) is 0 Å². The van der Waals surface area contributed by atoms with Crippen LogP contribution in [0.15, 0.2) is 55.6 Å². The van der Waals surface area contributed by atoms with E-state index < -0.39 is 41.1 Å². The van der Waals surface area contributed by atoms with Gasteiger partial charge >= 0.3 is 5.97 Å². The van der Waals surface area contributed by atoms with Crippen LogP contribution in [-0.2, 0) is 30.3 Å². The zero-order chi connectivity index (χ0) is 31.2. The first-order valence-corrected chi connectivity index (χ1v) is 16.0. The minimum Gasteiger partial charge on any atom is -0.465 e. The topological polar surface area (TPSA) is 96.4 Å². The molecule has 1 spiro atoms. The SMILES string of the molecule is C=CCCCCOC(=O)[C@H]1[C@H]2C(=O)N([C@@H](CO)Cc3ccccc3)C(C(=O)N(CC=C)CCCCC)C23CC(C)[C@]1(C)O3. The first-order valence-electron chi connectivity index (χ1n) is 16.0. The summed E-state index contributed by atoms with van der Waals surface area (Å²) in [5, 5.41) is 10.7. The molecule has 2 amide bonds. The lowest BCUT2D eigenvalue weighted by molar-refractivity contribution is -0.163. The molecule has 3 saturated heterocycles. The Morgan fingerprint density at radius 3 is 2.58 bits per heavy atom. The van der Waals surface area contributed by atoms with Gasteiger partial charge < -0.3 is 24.4 Å². The van der Waals surface area contributed by atoms with Crippen LogP contribution in [0.5, 0.6) is 0 Å². The molecule has 3 fully saturated rings. The number of nitrogens with zero attached hydrogens (tertiary/aromatic N) is 2. The van der Waals surface area contributed by atoms with Crippen molar-refractivity contribution in [2.45, 2.75) is 95.4 Å². The van der Waals surface area contributed by atoms with E-state index in [1.54, 1.807) is 15.9 Å². The summed E-state index contributed by atoms with van der Waals surface area (Å²) in [4.78, 5) is 46.4. The molecule has 3 aliphatic heterocycles. The van der Waals surface area contributed by atoms with Gasteiger partial charge in [0.05, 0.1) is 30.8 Å². The monoisotopic (exact) mass is 594 g/mol. The number of amides is 2. The van der Waals surface area contributed by atoms with Gasteiger partial charge in [-0.05, 0) is 56.9 Å². The van der Waals surface area contributed by atoms with E-state index in [9.17, 15) is 19.5 Å². The number of hydrogen-bond donors (Lipinski definition) is 1. The van der Waals surface area contributed by atoms with E-state index in [0.717, 1.165) is 37.7 Å². The Balaban J connectivity index is 1.74. The van der Waals surface area contributed by atoms with Crippen LogP contribution < -0.4 is 0 Å². The van der Waals surface area contributed by atoms with Crippen LogP contribution in [0.4, 0.5) is 0 Å². The maximum absolute atomic E-state index is 14.6. The van der Waals surface area contributed by atoms with E-state index in [-0.39, 0.29) is 30.9 Å². The standard InChI is InChI=1S/C35H50N2O6/c1-6-9-11-16-21-42-33(41)29-28-31(39)37(27(24-38)22-26-17-13-12-14-18-26)30(35(28)23-25(4)34(29,5)43-35)32(40)36(19-8-3)20-15-10-7-2/h6,8,12-14,17-18,25,27-30,38H,1,3,7,9-11,15-16,19-24H2,2,4-5H3/t25?,27-,28+,29-,30?,34+,35?/m1/s1. The fourth-order valence-electron chi connectivity index (χ4n) is 7.67. The fraction of sp³-hybridized carbons (Fsp3) is 0.629. The zero-order valence-electron chi connectivity index (χ0n) is 26.2. The molecule has 2 bridgehead atoms. The second kappa shape index (κ2) is 14.2. The van der Waals surface area contributed by atoms with Crippen molar-refractivity contribution in [3.05, 3.63) is 61.2 Å². The van der Waals surface area contributed by atoms with Gasteiger partial charge in [-0.3, -0.25) is 14.4 Å². The second-order valence-electron chi connectivity index (χ2n) is 12.7. The maximum Gasteiger partial charge on any atom is 0.312 e. The predicted molar refractivity (Wildman–Crippen MR) is 166 cm³/mol. The van der Waals surface area contributed by atoms with Crippen LogP contribution in [0.25, 0.3) is 0 Å². The van der Waals surface area contributed by atoms with Gasteiger partial charge in [0.2, 0.25) is 11.8 Å². The quantitative estimate of drug-likeness (QED) is 0.160. The smallest absolute Gasteiger partial charge is 0.312 e. The number of esters is 1. The molecule has 3 heterocycles. The highest BCUT2D eigenvalue weighted by Crippen LogP contribution is 2.65. The number of hydrogen-bond acceptors (Lipinski definition) is 6. The average Bonchev–Trinajstić information content (AvgIpc) is 3.52. The number of allylic oxidation sites excluding steroid dienone is 1. The molecular formula is C35H50N2O6. The van der Waals surface area contributed by atoms with Crippen LogP contribution >= 0.6 is 0 Å². The molecule has 4 rings (SSSR count). The summed E-state index contributed by atoms with van der Waals surface area (Å²) in [5.41, 5.74) is -1.19. The lowest BCUT2D eigenvalue weighted by Gasteiger charge is -2.39. The second-order valence-corrected chi connectivity index (χ2v) is 12.7. The van der Waals surface area contributed by atoms with Gasteiger partial charge in [0.1, 0.15) is 17.6 Å². The minimum atomic E-state index is -1.19. The lowest BCUT2D eigenvalue weighted by Crippen LogP contribution is -2.59. The lowest BCUT2D eigenvalue weighted by atomic mass is 9.62. The fourth-order valence-corrected chi connectivity index (χ4v) is 7.67. The normalized spacial score (nSPS) is 29.8. The van der Waals surface area contributed by atoms with Crippen molar-refractivity contribution in [2.24, 2.45) is 17.8 Å². The summed E-state index contributed by atoms with van der Waals surface area (Å²) in [6, 6.07) is 8.02. The van der Waals surface area contributed by atoms with Crippen LogP contribution in [0.3, 0.4) is 0 Å². The third-order valence-corrected chi connectivity index (χ3v) is 9.90. The number of carbonyl (C=O) groups is 3. The maximum atomic E-state index is 14.6. The van der Waals surface area contributed by atoms with Crippen LogP contribution in [-0.4, -0.2) is 82.3 Å². The molecule has 0 aromatic heterocycles. The van der Waals surface area contributed by atoms with Gasteiger partial charge in [-0.2, -0.15) is 0 Å². The number of ether oxygens (including phenoxy) is 2. The highest BCUT2D eigenvalue weighted by atomic mass is 16.6. The van der Waals surface area contributed by atoms with Crippen LogP contribution in [0.2, 0.25) is 0 Å². The Hall–Kier alpha value is -2.97. The van der Waals surface area contributed by atoms with Crippen molar-refractivity contribution >= 4 is 17.8 Å². The van der Waals surface area contributed by atoms with E-state index in [0.29, 0.717) is 32.4 Å². The summed E-state index contributed by atoms with van der Waals surface area (Å²) in [7, 11) is 0. The molecule has 0 saturated carbocycles. The summed E-state index contributed by atoms with van der Waals surface area (Å²) in [6.07, 6.45) is 9.60. The minimum absolute atomic E-state index is 0.0836. The zero-order valence-corrected chi connectivity index (χ0v) is 26.2. The highest BCUT2D eigenvalue weighted by molar-refractivity contribution is 5.98. The third-order valence-electron chi connectivity index (χ3n) is 9.90. The number of rotatable bonds is 17. The molecule has 236 valence electrons. The van der Waals surface area contributed by atoms with Crippen molar-refractivity contribution in [2.75, 3.05) is 26.3 Å². The Bertz CT molecular complexity index is 1160. The van der Waals surface area contributed by atoms with Crippen molar-refractivity contribution < 1.29 is 29.0 Å². The molecule has 1 aromatic carbocycles. The number of unbranched alkanes of at least 4 members (excludes halogenated alkanes) is 4. The summed E-state index contributed by atoms with van der Waals surface area (Å²) >= 11 is 0. The van der Waals surface area contributed by atoms with Crippen molar-refractivity contribution in [3.63, 3.8) is 0 Å².